The average Bonchev–Trinajstić information content (AvgIpc) is 2.94. The zero-order valence-corrected chi connectivity index (χ0v) is 25.0. The minimum atomic E-state index is 0.357. The molecule has 2 heterocycles. The van der Waals surface area contributed by atoms with Crippen molar-refractivity contribution in [1.29, 1.82) is 0 Å². The Labute approximate surface area is 240 Å². The summed E-state index contributed by atoms with van der Waals surface area (Å²) < 4.78 is 3.31. The van der Waals surface area contributed by atoms with Gasteiger partial charge in [-0.05, 0) is 50.7 Å². The molecule has 0 spiro atoms. The van der Waals surface area contributed by atoms with Crippen LogP contribution in [0.4, 0.5) is 0 Å². The highest BCUT2D eigenvalue weighted by Crippen LogP contribution is 2.14. The summed E-state index contributed by atoms with van der Waals surface area (Å²) in [4.78, 5) is 0. The Morgan fingerprint density at radius 3 is 1.38 bits per heavy atom. The van der Waals surface area contributed by atoms with Crippen molar-refractivity contribution in [3.63, 3.8) is 0 Å². The summed E-state index contributed by atoms with van der Waals surface area (Å²) in [6.07, 6.45) is 37.8. The topological polar surface area (TPSA) is 51.0 Å². The lowest BCUT2D eigenvalue weighted by molar-refractivity contribution is -0.697. The van der Waals surface area contributed by atoms with Crippen molar-refractivity contribution >= 4 is 0 Å². The van der Waals surface area contributed by atoms with Crippen LogP contribution >= 0.6 is 0 Å². The van der Waals surface area contributed by atoms with E-state index in [0.717, 1.165) is 29.7 Å². The third-order valence-electron chi connectivity index (χ3n) is 8.01. The van der Waals surface area contributed by atoms with Crippen LogP contribution in [-0.2, 0) is 19.4 Å². The van der Waals surface area contributed by atoms with Crippen LogP contribution in [-0.4, -0.2) is 11.7 Å². The van der Waals surface area contributed by atoms with E-state index in [9.17, 15) is 5.21 Å². The molecule has 2 aromatic heterocycles. The minimum Gasteiger partial charge on any atom is -0.619 e. The van der Waals surface area contributed by atoms with Gasteiger partial charge in [0, 0.05) is 36.3 Å². The zero-order valence-electron chi connectivity index (χ0n) is 25.0. The van der Waals surface area contributed by atoms with Crippen molar-refractivity contribution in [2.24, 2.45) is 0 Å². The molecule has 0 radical (unpaired) electrons. The van der Waals surface area contributed by atoms with Gasteiger partial charge in [0.2, 0.25) is 0 Å². The van der Waals surface area contributed by atoms with Crippen LogP contribution in [0.25, 0.3) is 0 Å². The van der Waals surface area contributed by atoms with Gasteiger partial charge in [0.1, 0.15) is 6.54 Å². The first kappa shape index (κ1) is 33.3. The lowest BCUT2D eigenvalue weighted by atomic mass is 10.0. The van der Waals surface area contributed by atoms with Crippen LogP contribution in [0.3, 0.4) is 0 Å². The number of aromatic nitrogens is 2. The summed E-state index contributed by atoms with van der Waals surface area (Å²) in [7, 11) is 0. The maximum absolute atomic E-state index is 11.3. The van der Waals surface area contributed by atoms with Crippen molar-refractivity contribution in [2.75, 3.05) is 6.61 Å². The maximum Gasteiger partial charge on any atom is 0.183 e. The number of hydrogen-bond acceptors (Lipinski definition) is 2. The van der Waals surface area contributed by atoms with E-state index in [-0.39, 0.29) is 0 Å². The molecular weight excluding hydrogens is 480 g/mol. The van der Waals surface area contributed by atoms with Gasteiger partial charge in [0.25, 0.3) is 0 Å². The number of pyridine rings is 2. The Bertz CT molecular complexity index is 826. The molecule has 4 nitrogen and oxygen atoms in total. The number of aliphatic hydroxyl groups is 1. The number of nitrogens with zero attached hydrogens (tertiary/aromatic N) is 2. The van der Waals surface area contributed by atoms with Gasteiger partial charge in [0.05, 0.1) is 0 Å². The highest BCUT2D eigenvalue weighted by molar-refractivity contribution is 5.05. The fraction of sp³-hybridized carbons (Fsp3) is 0.714. The molecule has 0 aliphatic carbocycles. The molecule has 0 saturated carbocycles. The highest BCUT2D eigenvalue weighted by Gasteiger charge is 2.04. The SMILES string of the molecule is [O-][n+]1cccc(CCCCCCCCCCC[n+]2cccc(CCCCCCCCCCCCCCO)c2)c1. The Morgan fingerprint density at radius 2 is 0.897 bits per heavy atom. The number of rotatable bonds is 26. The monoisotopic (exact) mass is 539 g/mol. The van der Waals surface area contributed by atoms with E-state index in [2.05, 4.69) is 35.2 Å². The summed E-state index contributed by atoms with van der Waals surface area (Å²) in [5, 5.41) is 20.1. The van der Waals surface area contributed by atoms with Crippen LogP contribution in [0, 0.1) is 5.21 Å². The number of aliphatic hydroxyl groups excluding tert-OH is 1. The standard InChI is InChI=1S/C35H59N2O2/c38-31-21-17-13-9-4-2-1-3-6-10-14-18-24-34-26-22-29-36(32-34)28-20-16-12-8-5-7-11-15-19-25-35-27-23-30-37(39)33-35/h22-23,26-27,29-30,32-33,38H,1-21,24-25,28,31H2/q+1. The third-order valence-corrected chi connectivity index (χ3v) is 8.01. The quantitative estimate of drug-likeness (QED) is 0.0739. The first-order valence-corrected chi connectivity index (χ1v) is 16.5. The van der Waals surface area contributed by atoms with Gasteiger partial charge in [-0.2, -0.15) is 4.73 Å². The van der Waals surface area contributed by atoms with Gasteiger partial charge in [-0.3, -0.25) is 0 Å². The van der Waals surface area contributed by atoms with Crippen LogP contribution in [0.5, 0.6) is 0 Å². The molecule has 1 N–H and O–H groups in total. The first-order valence-electron chi connectivity index (χ1n) is 16.5. The minimum absolute atomic E-state index is 0.357. The van der Waals surface area contributed by atoms with E-state index in [1.54, 1.807) is 12.4 Å². The number of unbranched alkanes of at least 4 members (excludes halogenated alkanes) is 19. The molecule has 2 rings (SSSR count). The molecule has 0 aromatic carbocycles. The van der Waals surface area contributed by atoms with Gasteiger partial charge in [-0.25, -0.2) is 4.57 Å². The van der Waals surface area contributed by atoms with E-state index in [1.807, 2.05) is 6.07 Å². The second-order valence-electron chi connectivity index (χ2n) is 11.7. The van der Waals surface area contributed by atoms with Crippen LogP contribution in [0.1, 0.15) is 146 Å². The summed E-state index contributed by atoms with van der Waals surface area (Å²) in [6.45, 7) is 1.51. The van der Waals surface area contributed by atoms with Gasteiger partial charge < -0.3 is 10.3 Å². The van der Waals surface area contributed by atoms with Crippen molar-refractivity contribution in [2.45, 2.75) is 154 Å². The summed E-state index contributed by atoms with van der Waals surface area (Å²) in [5.74, 6) is 0. The van der Waals surface area contributed by atoms with Crippen molar-refractivity contribution in [1.82, 2.24) is 0 Å². The van der Waals surface area contributed by atoms with Crippen LogP contribution < -0.4 is 9.30 Å². The van der Waals surface area contributed by atoms with Crippen molar-refractivity contribution in [3.8, 4) is 0 Å². The van der Waals surface area contributed by atoms with Crippen molar-refractivity contribution < 1.29 is 14.4 Å². The first-order chi connectivity index (χ1) is 19.3. The van der Waals surface area contributed by atoms with Crippen LogP contribution in [0.2, 0.25) is 0 Å². The lowest BCUT2D eigenvalue weighted by Gasteiger charge is -2.04. The van der Waals surface area contributed by atoms with Gasteiger partial charge in [-0.1, -0.05) is 103 Å². The molecule has 4 heteroatoms. The predicted molar refractivity (Wildman–Crippen MR) is 163 cm³/mol. The largest absolute Gasteiger partial charge is 0.619 e. The van der Waals surface area contributed by atoms with Gasteiger partial charge in [0.15, 0.2) is 24.8 Å². The normalized spacial score (nSPS) is 11.3. The molecule has 220 valence electrons. The van der Waals surface area contributed by atoms with E-state index in [1.165, 1.54) is 140 Å². The smallest absolute Gasteiger partial charge is 0.183 e. The molecule has 0 bridgehead atoms. The molecule has 0 atom stereocenters. The fourth-order valence-electron chi connectivity index (χ4n) is 5.58. The summed E-state index contributed by atoms with van der Waals surface area (Å²) in [6, 6.07) is 8.43. The van der Waals surface area contributed by atoms with E-state index >= 15 is 0 Å². The number of hydrogen-bond donors (Lipinski definition) is 1. The molecule has 0 unspecified atom stereocenters. The molecule has 0 amide bonds. The molecule has 0 aliphatic heterocycles. The highest BCUT2D eigenvalue weighted by atomic mass is 16.5. The van der Waals surface area contributed by atoms with E-state index in [4.69, 9.17) is 5.11 Å². The fourth-order valence-corrected chi connectivity index (χ4v) is 5.58. The van der Waals surface area contributed by atoms with E-state index < -0.39 is 0 Å². The Morgan fingerprint density at radius 1 is 0.487 bits per heavy atom. The summed E-state index contributed by atoms with van der Waals surface area (Å²) in [5.41, 5.74) is 2.66. The molecular formula is C35H59N2O2+. The Hall–Kier alpha value is -1.94. The average molecular weight is 540 g/mol. The Kier molecular flexibility index (Phi) is 20.4. The maximum atomic E-state index is 11.3. The van der Waals surface area contributed by atoms with Gasteiger partial charge in [-0.15, -0.1) is 0 Å². The molecule has 39 heavy (non-hydrogen) atoms. The summed E-state index contributed by atoms with van der Waals surface area (Å²) >= 11 is 0. The molecule has 0 saturated heterocycles. The van der Waals surface area contributed by atoms with E-state index in [0.29, 0.717) is 6.61 Å². The molecule has 0 fully saturated rings. The predicted octanol–water partition coefficient (Wildman–Crippen LogP) is 8.58. The zero-order chi connectivity index (χ0) is 27.6. The third kappa shape index (κ3) is 18.9. The van der Waals surface area contributed by atoms with Gasteiger partial charge >= 0.3 is 0 Å². The molecule has 2 aromatic rings. The number of aryl methyl sites for hydroxylation is 3. The van der Waals surface area contributed by atoms with Crippen LogP contribution in [0.15, 0.2) is 49.1 Å². The lowest BCUT2D eigenvalue weighted by Crippen LogP contribution is -2.33. The van der Waals surface area contributed by atoms with Crippen molar-refractivity contribution in [3.05, 3.63) is 65.4 Å². The second kappa shape index (κ2) is 23.9. The second-order valence-corrected chi connectivity index (χ2v) is 11.7. The Balaban J connectivity index is 1.36. The molecule has 0 aliphatic rings.